The predicted octanol–water partition coefficient (Wildman–Crippen LogP) is 5.00. The van der Waals surface area contributed by atoms with Gasteiger partial charge >= 0.3 is 40.3 Å². The number of benzene rings is 2. The molecule has 0 fully saturated rings. The van der Waals surface area contributed by atoms with Gasteiger partial charge in [0.15, 0.2) is 0 Å². The smallest absolute Gasteiger partial charge is 0.0916 e. The van der Waals surface area contributed by atoms with Crippen LogP contribution in [-0.4, -0.2) is 152 Å². The van der Waals surface area contributed by atoms with Crippen molar-refractivity contribution in [3.05, 3.63) is 77.6 Å². The third-order valence-corrected chi connectivity index (χ3v) is 10.8. The quantitative estimate of drug-likeness (QED) is 0.0194. The molecule has 0 saturated heterocycles. The van der Waals surface area contributed by atoms with Gasteiger partial charge in [0.1, 0.15) is 12.1 Å². The zero-order valence-electron chi connectivity index (χ0n) is 40.3. The van der Waals surface area contributed by atoms with E-state index in [1.54, 1.807) is 44.6 Å². The molecule has 1 aliphatic heterocycles. The molecule has 23 heteroatoms. The zero-order chi connectivity index (χ0) is 52.0. The summed E-state index contributed by atoms with van der Waals surface area (Å²) in [5.41, 5.74) is 20.9. The molecule has 0 unspecified atom stereocenters. The van der Waals surface area contributed by atoms with Crippen molar-refractivity contribution in [3.8, 4) is 0 Å². The van der Waals surface area contributed by atoms with Gasteiger partial charge in [-0.2, -0.15) is 13.1 Å². The molecule has 70 heavy (non-hydrogen) atoms. The van der Waals surface area contributed by atoms with E-state index in [1.165, 1.54) is 24.1 Å². The van der Waals surface area contributed by atoms with E-state index in [2.05, 4.69) is 36.0 Å². The zero-order valence-corrected chi connectivity index (χ0v) is 43.3. The summed E-state index contributed by atoms with van der Waals surface area (Å²) >= 11 is 1.61. The molecule has 1 aliphatic rings. The van der Waals surface area contributed by atoms with Crippen molar-refractivity contribution in [2.24, 2.45) is 11.7 Å². The fourth-order valence-corrected chi connectivity index (χ4v) is 6.90. The van der Waals surface area contributed by atoms with Crippen LogP contribution in [0.4, 0.5) is 15.3 Å². The number of nitrogens with two attached hydrogens (primary N) is 1. The number of nitrogens with one attached hydrogen (secondary N) is 7. The van der Waals surface area contributed by atoms with Crippen molar-refractivity contribution < 1.29 is 57.1 Å². The van der Waals surface area contributed by atoms with Crippen LogP contribution in [0.1, 0.15) is 65.2 Å². The van der Waals surface area contributed by atoms with Gasteiger partial charge in [0.25, 0.3) is 11.8 Å². The Labute approximate surface area is 425 Å². The molecular formula is C47H68ClN13O8Pt-2. The van der Waals surface area contributed by atoms with Crippen molar-refractivity contribution in [2.45, 2.75) is 77.3 Å². The van der Waals surface area contributed by atoms with Gasteiger partial charge in [-0.1, -0.05) is 76.0 Å². The van der Waals surface area contributed by atoms with E-state index >= 15 is 0 Å². The summed E-state index contributed by atoms with van der Waals surface area (Å²) in [4.78, 5) is 95.8. The van der Waals surface area contributed by atoms with E-state index < -0.39 is 36.0 Å². The van der Waals surface area contributed by atoms with E-state index in [4.69, 9.17) is 26.9 Å². The fourth-order valence-electron chi connectivity index (χ4n) is 6.90. The number of carbonyl (C=O) groups excluding carboxylic acids is 7. The summed E-state index contributed by atoms with van der Waals surface area (Å²) in [5, 5.41) is 26.8. The molecule has 0 radical (unpaired) electrons. The van der Waals surface area contributed by atoms with Gasteiger partial charge in [-0.05, 0) is 56.7 Å². The molecular weight excluding hydrogens is 1110 g/mol. The average molecular weight is 1170 g/mol. The second kappa shape index (κ2) is 33.6. The maximum atomic E-state index is 13.5. The second-order valence-corrected chi connectivity index (χ2v) is 16.5. The number of amides is 8. The Hall–Kier alpha value is -5.89. The van der Waals surface area contributed by atoms with Gasteiger partial charge < -0.3 is 63.7 Å². The normalized spacial score (nSPS) is 12.5. The molecule has 0 spiro atoms. The molecule has 9 N–H and O–H groups in total. The van der Waals surface area contributed by atoms with Crippen molar-refractivity contribution in [3.63, 3.8) is 0 Å². The Bertz CT molecular complexity index is 2140. The first-order chi connectivity index (χ1) is 33.6. The number of hydrogen-bond donors (Lipinski definition) is 6. The third kappa shape index (κ3) is 21.4. The summed E-state index contributed by atoms with van der Waals surface area (Å²) in [6, 6.07) is 13.1. The Kier molecular flexibility index (Phi) is 28.9. The second-order valence-electron chi connectivity index (χ2n) is 16.5. The van der Waals surface area contributed by atoms with Crippen molar-refractivity contribution in [1.82, 2.24) is 41.0 Å². The average Bonchev–Trinajstić information content (AvgIpc) is 3.66. The van der Waals surface area contributed by atoms with Crippen molar-refractivity contribution >= 4 is 84.4 Å². The number of para-hydroxylation sites is 2. The number of likely N-dealkylation sites (N-methyl/N-ethyl adjacent to an activating group) is 2. The standard InChI is InChI=1S/C44H60N11O8.C3H8N2.ClH.Pt/c1-29(2)39(52-36(56)18-6-5-11-25-55-37(57)19-20-38(55)58)42(60)51-34(17-12-22-49-43(46)61)41(59)48-24-27-54(4)44(62)63-28-21-35(45)53(3)26-23-47-40-30-13-7-9-15-32(30)50-33-16-10-8-14-31(33)40;4-2-1-3-5;;/h7-10,13-16,19-20,29,34,39H,5-6,11-12,17-18,21-28H2,1-4H3,(H,47,50)(H,48,59)(H,51,60)(H,52,56)(H3,46,49,61);4-5H,1-3H2;1H;/q-1;-2;;+2/p-1/t34-,39-;;;/m0.../s1. The number of unbranched alkanes of at least 4 members (excludes halogenated alkanes) is 2. The van der Waals surface area contributed by atoms with Crippen LogP contribution in [0.3, 0.4) is 0 Å². The van der Waals surface area contributed by atoms with Crippen LogP contribution < -0.4 is 32.3 Å². The van der Waals surface area contributed by atoms with Gasteiger partial charge in [0.05, 0.1) is 23.3 Å². The minimum atomic E-state index is -1.04. The van der Waals surface area contributed by atoms with Gasteiger partial charge in [0.2, 0.25) is 17.7 Å². The summed E-state index contributed by atoms with van der Waals surface area (Å²) < 4.78 is 5.36. The number of amidine groups is 1. The Balaban J connectivity index is 0.00000225. The SMILES string of the molecule is CC(C)[C@H](NC(=O)CCCCCN1C(=O)C=CC1=O)C(=O)N[C@@H](CCCNC(N)=O)C(=O)NCCN(C)C(=O)OCCC(=[N-])N(C)CCNc1c2ccccc2nc2ccccc12.[Cl][Pt+].[NH-]CCC[NH-]. The van der Waals surface area contributed by atoms with Crippen LogP contribution in [0.25, 0.3) is 38.7 Å². The third-order valence-electron chi connectivity index (χ3n) is 10.8. The molecule has 1 aromatic heterocycles. The Morgan fingerprint density at radius 1 is 0.786 bits per heavy atom. The molecule has 388 valence electrons. The number of urea groups is 1. The van der Waals surface area contributed by atoms with Crippen molar-refractivity contribution in [1.29, 1.82) is 0 Å². The predicted molar refractivity (Wildman–Crippen MR) is 269 cm³/mol. The number of aromatic nitrogens is 1. The number of halogens is 1. The largest absolute Gasteiger partial charge is 0.677 e. The van der Waals surface area contributed by atoms with E-state index in [0.29, 0.717) is 51.9 Å². The van der Waals surface area contributed by atoms with E-state index in [0.717, 1.165) is 38.8 Å². The van der Waals surface area contributed by atoms with Gasteiger partial charge in [-0.3, -0.25) is 28.9 Å². The monoisotopic (exact) mass is 1170 g/mol. The van der Waals surface area contributed by atoms with Crippen LogP contribution in [0.15, 0.2) is 60.7 Å². The summed E-state index contributed by atoms with van der Waals surface area (Å²) in [5.74, 6) is -2.47. The fraction of sp³-hybridized carbons (Fsp3) is 0.511. The number of carbonyl (C=O) groups is 7. The van der Waals surface area contributed by atoms with Gasteiger partial charge in [0, 0.05) is 69.1 Å². The van der Waals surface area contributed by atoms with E-state index in [1.807, 2.05) is 48.5 Å². The summed E-state index contributed by atoms with van der Waals surface area (Å²) in [6.07, 6.45) is 4.73. The molecule has 21 nitrogen and oxygen atoms in total. The Morgan fingerprint density at radius 2 is 1.39 bits per heavy atom. The maximum Gasteiger partial charge on any atom is -0.0916 e. The number of ether oxygens (including phenoxy) is 1. The van der Waals surface area contributed by atoms with Crippen LogP contribution in [-0.2, 0) is 47.5 Å². The van der Waals surface area contributed by atoms with Gasteiger partial charge in [-0.25, -0.2) is 14.6 Å². The van der Waals surface area contributed by atoms with E-state index in [-0.39, 0.29) is 81.5 Å². The number of imide groups is 1. The van der Waals surface area contributed by atoms with Crippen LogP contribution in [0, 0.1) is 5.92 Å². The number of hydrogen-bond acceptors (Lipinski definition) is 10. The summed E-state index contributed by atoms with van der Waals surface area (Å²) in [6.45, 7) is 5.74. The van der Waals surface area contributed by atoms with Crippen LogP contribution in [0.5, 0.6) is 0 Å². The minimum Gasteiger partial charge on any atom is -0.677 e. The summed E-state index contributed by atoms with van der Waals surface area (Å²) in [7, 11) is 7.86. The number of fused-ring (bicyclic) bond motifs is 2. The van der Waals surface area contributed by atoms with E-state index in [9.17, 15) is 39.0 Å². The van der Waals surface area contributed by atoms with Crippen molar-refractivity contribution in [2.75, 3.05) is 78.4 Å². The van der Waals surface area contributed by atoms with Crippen LogP contribution in [0.2, 0.25) is 0 Å². The first-order valence-corrected chi connectivity index (χ1v) is 25.9. The molecule has 2 atom stereocenters. The topological polar surface area (TPSA) is 307 Å². The molecule has 2 aromatic carbocycles. The minimum absolute atomic E-state index is 0.0203. The van der Waals surface area contributed by atoms with Gasteiger partial charge in [-0.15, -0.1) is 0 Å². The molecule has 0 bridgehead atoms. The molecule has 3 aromatic rings. The molecule has 4 rings (SSSR count). The number of rotatable bonds is 27. The molecule has 0 saturated carbocycles. The molecule has 2 heterocycles. The first kappa shape index (κ1) is 60.2. The maximum absolute atomic E-state index is 13.5. The number of primary amides is 1. The first-order valence-electron chi connectivity index (χ1n) is 23.1. The number of pyridine rings is 1. The Morgan fingerprint density at radius 3 is 1.96 bits per heavy atom. The molecule has 8 amide bonds. The molecule has 0 aliphatic carbocycles. The van der Waals surface area contributed by atoms with Crippen LogP contribution >= 0.6 is 9.42 Å². The number of nitrogens with zero attached hydrogens (tertiary/aromatic N) is 5. The number of anilines is 1.